The standard InChI is InChI=1S/C15H19ClFN3O2/c1-9(20-6-4-10(5-7-20)14(18)21)15(22)19-11-2-3-13(17)12(16)8-11/h2-3,8-10H,4-7H2,1H3,(H2,18,21)(H,19,22)/p+1/t9-/m1/s1. The monoisotopic (exact) mass is 328 g/mol. The van der Waals surface area contributed by atoms with E-state index in [2.05, 4.69) is 5.32 Å². The predicted molar refractivity (Wildman–Crippen MR) is 82.1 cm³/mol. The summed E-state index contributed by atoms with van der Waals surface area (Å²) < 4.78 is 13.1. The Morgan fingerprint density at radius 2 is 2.05 bits per heavy atom. The number of hydrogen-bond acceptors (Lipinski definition) is 2. The largest absolute Gasteiger partial charge is 0.369 e. The molecule has 0 radical (unpaired) electrons. The summed E-state index contributed by atoms with van der Waals surface area (Å²) in [5.74, 6) is -1.03. The van der Waals surface area contributed by atoms with Crippen molar-refractivity contribution in [3.8, 4) is 0 Å². The molecule has 1 aliphatic heterocycles. The second-order valence-electron chi connectivity index (χ2n) is 5.67. The molecule has 0 aromatic heterocycles. The van der Waals surface area contributed by atoms with E-state index in [-0.39, 0.29) is 28.8 Å². The molecule has 1 fully saturated rings. The summed E-state index contributed by atoms with van der Waals surface area (Å²) in [6.45, 7) is 3.29. The van der Waals surface area contributed by atoms with Crippen molar-refractivity contribution in [1.82, 2.24) is 0 Å². The fourth-order valence-electron chi connectivity index (χ4n) is 2.72. The van der Waals surface area contributed by atoms with Gasteiger partial charge in [-0.3, -0.25) is 9.59 Å². The molecule has 120 valence electrons. The van der Waals surface area contributed by atoms with Gasteiger partial charge < -0.3 is 16.0 Å². The number of nitrogens with one attached hydrogen (secondary N) is 2. The first kappa shape index (κ1) is 16.7. The maximum absolute atomic E-state index is 13.1. The van der Waals surface area contributed by atoms with E-state index in [9.17, 15) is 14.0 Å². The van der Waals surface area contributed by atoms with E-state index >= 15 is 0 Å². The second kappa shape index (κ2) is 7.07. The van der Waals surface area contributed by atoms with Crippen LogP contribution < -0.4 is 16.0 Å². The molecule has 0 spiro atoms. The molecule has 5 nitrogen and oxygen atoms in total. The lowest BCUT2D eigenvalue weighted by Gasteiger charge is -2.31. The minimum atomic E-state index is -0.521. The van der Waals surface area contributed by atoms with E-state index in [0.717, 1.165) is 18.0 Å². The van der Waals surface area contributed by atoms with Gasteiger partial charge in [-0.05, 0) is 25.1 Å². The first-order valence-electron chi connectivity index (χ1n) is 7.28. The van der Waals surface area contributed by atoms with Gasteiger partial charge in [-0.2, -0.15) is 0 Å². The zero-order valence-electron chi connectivity index (χ0n) is 12.4. The Balaban J connectivity index is 1.92. The van der Waals surface area contributed by atoms with E-state index in [0.29, 0.717) is 18.5 Å². The normalized spacial score (nSPS) is 22.9. The van der Waals surface area contributed by atoms with Gasteiger partial charge in [-0.1, -0.05) is 11.6 Å². The number of quaternary nitrogens is 1. The molecule has 1 aromatic rings. The highest BCUT2D eigenvalue weighted by molar-refractivity contribution is 6.31. The van der Waals surface area contributed by atoms with Crippen LogP contribution in [0, 0.1) is 11.7 Å². The molecule has 0 saturated carbocycles. The maximum Gasteiger partial charge on any atom is 0.282 e. The number of carbonyl (C=O) groups is 2. The number of halogens is 2. The average molecular weight is 329 g/mol. The number of likely N-dealkylation sites (tertiary alicyclic amines) is 1. The van der Waals surface area contributed by atoms with Crippen molar-refractivity contribution in [3.63, 3.8) is 0 Å². The zero-order chi connectivity index (χ0) is 16.3. The van der Waals surface area contributed by atoms with Crippen molar-refractivity contribution in [2.45, 2.75) is 25.8 Å². The Morgan fingerprint density at radius 1 is 1.41 bits per heavy atom. The van der Waals surface area contributed by atoms with Crippen molar-refractivity contribution < 1.29 is 18.9 Å². The lowest BCUT2D eigenvalue weighted by molar-refractivity contribution is -0.919. The number of benzene rings is 1. The SMILES string of the molecule is C[C@H](C(=O)Nc1ccc(F)c(Cl)c1)[NH+]1CCC(C(N)=O)CC1. The smallest absolute Gasteiger partial charge is 0.282 e. The fraction of sp³-hybridized carbons (Fsp3) is 0.467. The molecule has 1 atom stereocenters. The topological polar surface area (TPSA) is 76.6 Å². The van der Waals surface area contributed by atoms with Crippen LogP contribution >= 0.6 is 11.6 Å². The predicted octanol–water partition coefficient (Wildman–Crippen LogP) is 0.586. The van der Waals surface area contributed by atoms with Gasteiger partial charge in [0.25, 0.3) is 5.91 Å². The molecule has 1 aliphatic rings. The highest BCUT2D eigenvalue weighted by Crippen LogP contribution is 2.19. The van der Waals surface area contributed by atoms with Crippen LogP contribution in [-0.4, -0.2) is 30.9 Å². The van der Waals surface area contributed by atoms with E-state index in [1.165, 1.54) is 18.2 Å². The van der Waals surface area contributed by atoms with Gasteiger partial charge in [-0.25, -0.2) is 4.39 Å². The summed E-state index contributed by atoms with van der Waals surface area (Å²) in [4.78, 5) is 24.5. The molecular formula is C15H20ClFN3O2+. The molecule has 7 heteroatoms. The molecule has 1 aromatic carbocycles. The number of amides is 2. The van der Waals surface area contributed by atoms with Crippen LogP contribution in [0.3, 0.4) is 0 Å². The summed E-state index contributed by atoms with van der Waals surface area (Å²) >= 11 is 5.70. The molecule has 0 bridgehead atoms. The molecule has 2 amide bonds. The minimum Gasteiger partial charge on any atom is -0.369 e. The number of nitrogens with two attached hydrogens (primary N) is 1. The molecular weight excluding hydrogens is 309 g/mol. The van der Waals surface area contributed by atoms with Gasteiger partial charge >= 0.3 is 0 Å². The van der Waals surface area contributed by atoms with Gasteiger partial charge in [-0.15, -0.1) is 0 Å². The van der Waals surface area contributed by atoms with Crippen LogP contribution in [0.25, 0.3) is 0 Å². The lowest BCUT2D eigenvalue weighted by Crippen LogP contribution is -3.17. The van der Waals surface area contributed by atoms with Crippen molar-refractivity contribution in [1.29, 1.82) is 0 Å². The molecule has 0 aliphatic carbocycles. The highest BCUT2D eigenvalue weighted by Gasteiger charge is 2.32. The third kappa shape index (κ3) is 3.96. The Kier molecular flexibility index (Phi) is 5.37. The first-order valence-corrected chi connectivity index (χ1v) is 7.66. The molecule has 22 heavy (non-hydrogen) atoms. The van der Waals surface area contributed by atoms with Crippen LogP contribution in [0.4, 0.5) is 10.1 Å². The molecule has 2 rings (SSSR count). The molecule has 1 heterocycles. The summed E-state index contributed by atoms with van der Waals surface area (Å²) in [6, 6.07) is 3.81. The summed E-state index contributed by atoms with van der Waals surface area (Å²) in [5.41, 5.74) is 5.77. The number of primary amides is 1. The van der Waals surface area contributed by atoms with Crippen molar-refractivity contribution >= 4 is 29.1 Å². The first-order chi connectivity index (χ1) is 10.4. The van der Waals surface area contributed by atoms with Crippen molar-refractivity contribution in [3.05, 3.63) is 29.0 Å². The maximum atomic E-state index is 13.1. The van der Waals surface area contributed by atoms with Gasteiger partial charge in [0, 0.05) is 24.4 Å². The van der Waals surface area contributed by atoms with Crippen LogP contribution in [-0.2, 0) is 9.59 Å². The summed E-state index contributed by atoms with van der Waals surface area (Å²) in [7, 11) is 0. The average Bonchev–Trinajstić information content (AvgIpc) is 2.50. The molecule has 4 N–H and O–H groups in total. The summed E-state index contributed by atoms with van der Waals surface area (Å²) in [5, 5.41) is 2.71. The van der Waals surface area contributed by atoms with Gasteiger partial charge in [0.15, 0.2) is 6.04 Å². The lowest BCUT2D eigenvalue weighted by atomic mass is 9.95. The van der Waals surface area contributed by atoms with Crippen molar-refractivity contribution in [2.75, 3.05) is 18.4 Å². The number of rotatable bonds is 4. The van der Waals surface area contributed by atoms with E-state index < -0.39 is 5.82 Å². The van der Waals surface area contributed by atoms with E-state index in [1.54, 1.807) is 0 Å². The minimum absolute atomic E-state index is 0.0277. The Hall–Kier alpha value is -1.66. The van der Waals surface area contributed by atoms with E-state index in [1.807, 2.05) is 6.92 Å². The fourth-order valence-corrected chi connectivity index (χ4v) is 2.90. The third-order valence-corrected chi connectivity index (χ3v) is 4.51. The second-order valence-corrected chi connectivity index (χ2v) is 6.08. The van der Waals surface area contributed by atoms with Gasteiger partial charge in [0.2, 0.25) is 5.91 Å². The quantitative estimate of drug-likeness (QED) is 0.756. The number of hydrogen-bond donors (Lipinski definition) is 3. The number of anilines is 1. The highest BCUT2D eigenvalue weighted by atomic mass is 35.5. The van der Waals surface area contributed by atoms with Crippen LogP contribution in [0.5, 0.6) is 0 Å². The zero-order valence-corrected chi connectivity index (χ0v) is 13.1. The number of piperidine rings is 1. The molecule has 0 unspecified atom stereocenters. The van der Waals surface area contributed by atoms with Gasteiger partial charge in [0.05, 0.1) is 18.1 Å². The van der Waals surface area contributed by atoms with Crippen LogP contribution in [0.2, 0.25) is 5.02 Å². The summed E-state index contributed by atoms with van der Waals surface area (Å²) in [6.07, 6.45) is 1.40. The third-order valence-electron chi connectivity index (χ3n) is 4.22. The number of carbonyl (C=O) groups excluding carboxylic acids is 2. The Morgan fingerprint density at radius 3 is 2.59 bits per heavy atom. The van der Waals surface area contributed by atoms with Crippen LogP contribution in [0.1, 0.15) is 19.8 Å². The Labute approximate surface area is 133 Å². The van der Waals surface area contributed by atoms with Crippen molar-refractivity contribution in [2.24, 2.45) is 11.7 Å². The van der Waals surface area contributed by atoms with E-state index in [4.69, 9.17) is 17.3 Å². The Bertz CT molecular complexity index is 574. The van der Waals surface area contributed by atoms with Gasteiger partial charge in [0.1, 0.15) is 5.82 Å². The van der Waals surface area contributed by atoms with Crippen LogP contribution in [0.15, 0.2) is 18.2 Å². The molecule has 1 saturated heterocycles.